The van der Waals surface area contributed by atoms with E-state index in [-0.39, 0.29) is 5.82 Å². The number of benzene rings is 1. The molecule has 1 aliphatic rings. The Hall–Kier alpha value is -1.82. The van der Waals surface area contributed by atoms with Crippen LogP contribution >= 0.6 is 0 Å². The van der Waals surface area contributed by atoms with Gasteiger partial charge >= 0.3 is 0 Å². The summed E-state index contributed by atoms with van der Waals surface area (Å²) in [6.07, 6.45) is 4.44. The topological polar surface area (TPSA) is 42.2 Å². The van der Waals surface area contributed by atoms with Crippen molar-refractivity contribution >= 4 is 0 Å². The molecule has 0 radical (unpaired) electrons. The quantitative estimate of drug-likeness (QED) is 0.846. The molecule has 1 saturated carbocycles. The molecule has 0 spiro atoms. The molecule has 0 atom stereocenters. The van der Waals surface area contributed by atoms with Crippen molar-refractivity contribution in [3.8, 4) is 0 Å². The molecule has 1 aromatic heterocycles. The summed E-state index contributed by atoms with van der Waals surface area (Å²) in [5.41, 5.74) is 0.364. The lowest BCUT2D eigenvalue weighted by molar-refractivity contribution is 0.161. The van der Waals surface area contributed by atoms with E-state index < -0.39 is 5.82 Å². The normalized spacial score (nSPS) is 15.8. The molecule has 0 amide bonds. The van der Waals surface area contributed by atoms with Gasteiger partial charge in [-0.25, -0.2) is 8.78 Å². The molecule has 1 aromatic carbocycles. The van der Waals surface area contributed by atoms with E-state index in [1.165, 1.54) is 12.1 Å². The first kappa shape index (κ1) is 15.1. The minimum atomic E-state index is -0.420. The van der Waals surface area contributed by atoms with Crippen LogP contribution in [0.5, 0.6) is 0 Å². The average Bonchev–Trinajstić information content (AvgIpc) is 3.14. The monoisotopic (exact) mass is 307 g/mol. The van der Waals surface area contributed by atoms with Crippen molar-refractivity contribution in [2.45, 2.75) is 51.7 Å². The molecule has 1 aliphatic carbocycles. The molecule has 22 heavy (non-hydrogen) atoms. The Balaban J connectivity index is 1.80. The van der Waals surface area contributed by atoms with Crippen LogP contribution in [-0.4, -0.2) is 21.1 Å². The van der Waals surface area contributed by atoms with Crippen LogP contribution in [0.3, 0.4) is 0 Å². The largest absolute Gasteiger partial charge is 0.424 e. The lowest BCUT2D eigenvalue weighted by Crippen LogP contribution is -2.32. The van der Waals surface area contributed by atoms with Gasteiger partial charge in [-0.3, -0.25) is 4.90 Å². The zero-order chi connectivity index (χ0) is 15.5. The first-order valence-corrected chi connectivity index (χ1v) is 7.59. The van der Waals surface area contributed by atoms with E-state index in [0.29, 0.717) is 36.5 Å². The first-order chi connectivity index (χ1) is 10.6. The maximum absolute atomic E-state index is 13.9. The molecule has 6 heteroatoms. The molecule has 3 rings (SSSR count). The zero-order valence-corrected chi connectivity index (χ0v) is 12.6. The number of hydrogen-bond donors (Lipinski definition) is 0. The van der Waals surface area contributed by atoms with Crippen LogP contribution < -0.4 is 0 Å². The summed E-state index contributed by atoms with van der Waals surface area (Å²) in [5, 5.41) is 7.84. The number of aryl methyl sites for hydroxylation is 1. The standard InChI is InChI=1S/C16H19F2N3O/c1-11-19-20-16(22-11)10-21(14-4-2-3-5-14)9-12-8-13(17)6-7-15(12)18/h6-8,14H,2-5,9-10H2,1H3. The SMILES string of the molecule is Cc1nnc(CN(Cc2cc(F)ccc2F)C2CCCC2)o1. The van der Waals surface area contributed by atoms with Crippen LogP contribution in [0.4, 0.5) is 8.78 Å². The van der Waals surface area contributed by atoms with Gasteiger partial charge < -0.3 is 4.42 Å². The molecule has 0 unspecified atom stereocenters. The van der Waals surface area contributed by atoms with E-state index in [4.69, 9.17) is 4.42 Å². The van der Waals surface area contributed by atoms with E-state index in [1.807, 2.05) is 0 Å². The van der Waals surface area contributed by atoms with Gasteiger partial charge in [0.05, 0.1) is 6.54 Å². The van der Waals surface area contributed by atoms with Crippen molar-refractivity contribution in [1.29, 1.82) is 0 Å². The predicted molar refractivity (Wildman–Crippen MR) is 76.9 cm³/mol. The molecular weight excluding hydrogens is 288 g/mol. The summed E-state index contributed by atoms with van der Waals surface area (Å²) in [6, 6.07) is 3.92. The second-order valence-corrected chi connectivity index (χ2v) is 5.79. The third-order valence-electron chi connectivity index (χ3n) is 4.13. The number of hydrogen-bond acceptors (Lipinski definition) is 4. The molecule has 118 valence electrons. The van der Waals surface area contributed by atoms with Crippen molar-refractivity contribution in [1.82, 2.24) is 15.1 Å². The van der Waals surface area contributed by atoms with Crippen molar-refractivity contribution in [2.75, 3.05) is 0 Å². The maximum atomic E-state index is 13.9. The average molecular weight is 307 g/mol. The Morgan fingerprint density at radius 2 is 1.95 bits per heavy atom. The number of rotatable bonds is 5. The fourth-order valence-electron chi connectivity index (χ4n) is 3.04. The second-order valence-electron chi connectivity index (χ2n) is 5.79. The van der Waals surface area contributed by atoms with E-state index in [0.717, 1.165) is 31.7 Å². The Kier molecular flexibility index (Phi) is 4.47. The van der Waals surface area contributed by atoms with Gasteiger partial charge in [0.2, 0.25) is 11.8 Å². The Bertz CT molecular complexity index is 638. The summed E-state index contributed by atoms with van der Waals surface area (Å²) in [6.45, 7) is 2.54. The molecule has 4 nitrogen and oxygen atoms in total. The molecule has 2 aromatic rings. The number of aromatic nitrogens is 2. The van der Waals surface area contributed by atoms with Crippen LogP contribution in [0.1, 0.15) is 43.0 Å². The highest BCUT2D eigenvalue weighted by Gasteiger charge is 2.25. The molecule has 0 saturated heterocycles. The lowest BCUT2D eigenvalue weighted by atomic mass is 10.1. The zero-order valence-electron chi connectivity index (χ0n) is 12.6. The predicted octanol–water partition coefficient (Wildman–Crippen LogP) is 3.60. The molecule has 1 fully saturated rings. The van der Waals surface area contributed by atoms with Gasteiger partial charge in [-0.1, -0.05) is 12.8 Å². The maximum Gasteiger partial charge on any atom is 0.230 e. The van der Waals surface area contributed by atoms with Crippen LogP contribution in [-0.2, 0) is 13.1 Å². The molecular formula is C16H19F2N3O. The smallest absolute Gasteiger partial charge is 0.230 e. The molecule has 0 N–H and O–H groups in total. The van der Waals surface area contributed by atoms with Gasteiger partial charge in [-0.05, 0) is 31.0 Å². The fraction of sp³-hybridized carbons (Fsp3) is 0.500. The molecule has 0 aliphatic heterocycles. The summed E-state index contributed by atoms with van der Waals surface area (Å²) in [4.78, 5) is 2.11. The fourth-order valence-corrected chi connectivity index (χ4v) is 3.04. The minimum Gasteiger partial charge on any atom is -0.424 e. The van der Waals surface area contributed by atoms with Crippen molar-refractivity contribution in [3.63, 3.8) is 0 Å². The highest BCUT2D eigenvalue weighted by molar-refractivity contribution is 5.18. The third kappa shape index (κ3) is 3.50. The Morgan fingerprint density at radius 3 is 2.64 bits per heavy atom. The Morgan fingerprint density at radius 1 is 1.18 bits per heavy atom. The molecule has 0 bridgehead atoms. The number of halogens is 2. The summed E-state index contributed by atoms with van der Waals surface area (Å²) in [7, 11) is 0. The summed E-state index contributed by atoms with van der Waals surface area (Å²) in [5.74, 6) is 0.224. The van der Waals surface area contributed by atoms with E-state index in [1.54, 1.807) is 6.92 Å². The third-order valence-corrected chi connectivity index (χ3v) is 4.13. The van der Waals surface area contributed by atoms with E-state index in [2.05, 4.69) is 15.1 Å². The second kappa shape index (κ2) is 6.52. The highest BCUT2D eigenvalue weighted by Crippen LogP contribution is 2.27. The number of nitrogens with zero attached hydrogens (tertiary/aromatic N) is 3. The van der Waals surface area contributed by atoms with Crippen LogP contribution in [0, 0.1) is 18.6 Å². The van der Waals surface area contributed by atoms with Crippen LogP contribution in [0.15, 0.2) is 22.6 Å². The summed E-state index contributed by atoms with van der Waals surface area (Å²) < 4.78 is 32.7. The Labute approximate surface area is 128 Å². The first-order valence-electron chi connectivity index (χ1n) is 7.59. The van der Waals surface area contributed by atoms with Crippen molar-refractivity contribution in [3.05, 3.63) is 47.2 Å². The van der Waals surface area contributed by atoms with Gasteiger partial charge in [-0.2, -0.15) is 0 Å². The van der Waals surface area contributed by atoms with E-state index >= 15 is 0 Å². The minimum absolute atomic E-state index is 0.342. The highest BCUT2D eigenvalue weighted by atomic mass is 19.1. The van der Waals surface area contributed by atoms with Crippen molar-refractivity contribution in [2.24, 2.45) is 0 Å². The summed E-state index contributed by atoms with van der Waals surface area (Å²) >= 11 is 0. The van der Waals surface area contributed by atoms with Gasteiger partial charge in [0.25, 0.3) is 0 Å². The van der Waals surface area contributed by atoms with E-state index in [9.17, 15) is 8.78 Å². The van der Waals surface area contributed by atoms with Gasteiger partial charge in [0, 0.05) is 25.1 Å². The molecule has 1 heterocycles. The van der Waals surface area contributed by atoms with Gasteiger partial charge in [0.1, 0.15) is 11.6 Å². The van der Waals surface area contributed by atoms with Crippen molar-refractivity contribution < 1.29 is 13.2 Å². The van der Waals surface area contributed by atoms with Gasteiger partial charge in [-0.15, -0.1) is 10.2 Å². The van der Waals surface area contributed by atoms with Gasteiger partial charge in [0.15, 0.2) is 0 Å². The van der Waals surface area contributed by atoms with Crippen LogP contribution in [0.2, 0.25) is 0 Å². The van der Waals surface area contributed by atoms with Crippen LogP contribution in [0.25, 0.3) is 0 Å². The lowest BCUT2D eigenvalue weighted by Gasteiger charge is -2.27.